The van der Waals surface area contributed by atoms with Crippen molar-refractivity contribution < 1.29 is 13.2 Å². The van der Waals surface area contributed by atoms with Gasteiger partial charge in [-0.1, -0.05) is 6.92 Å². The lowest BCUT2D eigenvalue weighted by Crippen LogP contribution is -2.24. The van der Waals surface area contributed by atoms with Crippen molar-refractivity contribution in [1.29, 1.82) is 0 Å². The minimum absolute atomic E-state index is 0.0461. The molecule has 3 rings (SSSR count). The van der Waals surface area contributed by atoms with Crippen LogP contribution in [0.3, 0.4) is 0 Å². The molecule has 0 bridgehead atoms. The summed E-state index contributed by atoms with van der Waals surface area (Å²) in [6.45, 7) is 6.07. The molecular weight excluding hydrogens is 372 g/mol. The standard InChI is InChI=1S/C18H22N2O4S2/c1-4-20-18(22)13(10-19-20)17(21)12-6-7-15-16(11(12)3)14(25-5-2)8-9-26(15,23)24/h6-7,10,14,19H,4-5,8-9H2,1-3H3. The van der Waals surface area contributed by atoms with Gasteiger partial charge in [0.1, 0.15) is 5.56 Å². The monoisotopic (exact) mass is 394 g/mol. The van der Waals surface area contributed by atoms with Crippen molar-refractivity contribution in [2.45, 2.75) is 43.9 Å². The van der Waals surface area contributed by atoms with Gasteiger partial charge < -0.3 is 5.10 Å². The summed E-state index contributed by atoms with van der Waals surface area (Å²) >= 11 is 1.69. The van der Waals surface area contributed by atoms with Crippen LogP contribution in [-0.2, 0) is 16.4 Å². The fourth-order valence-corrected chi connectivity index (χ4v) is 6.51. The number of hydrogen-bond donors (Lipinski definition) is 1. The predicted octanol–water partition coefficient (Wildman–Crippen LogP) is 2.71. The van der Waals surface area contributed by atoms with Crippen molar-refractivity contribution >= 4 is 27.4 Å². The fourth-order valence-electron chi connectivity index (χ4n) is 3.46. The molecule has 0 amide bonds. The van der Waals surface area contributed by atoms with Crippen LogP contribution in [0.5, 0.6) is 0 Å². The van der Waals surface area contributed by atoms with Crippen LogP contribution in [0.2, 0.25) is 0 Å². The number of aromatic nitrogens is 2. The molecule has 0 radical (unpaired) electrons. The van der Waals surface area contributed by atoms with Crippen molar-refractivity contribution in [3.8, 4) is 0 Å². The molecule has 0 fully saturated rings. The number of thioether (sulfide) groups is 1. The number of nitrogens with zero attached hydrogens (tertiary/aromatic N) is 1. The van der Waals surface area contributed by atoms with E-state index < -0.39 is 9.84 Å². The number of H-pyrrole nitrogens is 1. The molecule has 2 aromatic rings. The third-order valence-corrected chi connectivity index (χ3v) is 7.80. The first kappa shape index (κ1) is 19.0. The van der Waals surface area contributed by atoms with E-state index >= 15 is 0 Å². The van der Waals surface area contributed by atoms with E-state index in [0.717, 1.165) is 11.3 Å². The van der Waals surface area contributed by atoms with Crippen LogP contribution in [-0.4, -0.2) is 35.5 Å². The Morgan fingerprint density at radius 1 is 1.31 bits per heavy atom. The largest absolute Gasteiger partial charge is 0.302 e. The van der Waals surface area contributed by atoms with Gasteiger partial charge in [-0.2, -0.15) is 11.8 Å². The number of fused-ring (bicyclic) bond motifs is 1. The lowest BCUT2D eigenvalue weighted by Gasteiger charge is -2.27. The molecule has 26 heavy (non-hydrogen) atoms. The molecule has 1 unspecified atom stereocenters. The van der Waals surface area contributed by atoms with Crippen LogP contribution >= 0.6 is 11.8 Å². The lowest BCUT2D eigenvalue weighted by molar-refractivity contribution is 0.103. The number of aromatic amines is 1. The Labute approximate surface area is 156 Å². The maximum Gasteiger partial charge on any atom is 0.277 e. The number of aryl methyl sites for hydroxylation is 1. The van der Waals surface area contributed by atoms with Gasteiger partial charge in [0.05, 0.1) is 10.6 Å². The van der Waals surface area contributed by atoms with Crippen molar-refractivity contribution in [3.05, 3.63) is 50.9 Å². The molecule has 1 atom stereocenters. The van der Waals surface area contributed by atoms with Crippen molar-refractivity contribution in [2.75, 3.05) is 11.5 Å². The van der Waals surface area contributed by atoms with Crippen LogP contribution < -0.4 is 5.56 Å². The van der Waals surface area contributed by atoms with Gasteiger partial charge in [-0.15, -0.1) is 0 Å². The predicted molar refractivity (Wildman–Crippen MR) is 103 cm³/mol. The normalized spacial score (nSPS) is 18.5. The van der Waals surface area contributed by atoms with Gasteiger partial charge in [0, 0.05) is 23.6 Å². The first-order valence-corrected chi connectivity index (χ1v) is 11.3. The molecule has 8 heteroatoms. The van der Waals surface area contributed by atoms with E-state index in [9.17, 15) is 18.0 Å². The van der Waals surface area contributed by atoms with E-state index in [0.29, 0.717) is 29.0 Å². The molecular formula is C18H22N2O4S2. The van der Waals surface area contributed by atoms with Crippen molar-refractivity contribution in [1.82, 2.24) is 9.78 Å². The number of rotatable bonds is 5. The Balaban J connectivity index is 2.16. The van der Waals surface area contributed by atoms with Crippen LogP contribution in [0.4, 0.5) is 0 Å². The topological polar surface area (TPSA) is 89.0 Å². The van der Waals surface area contributed by atoms with E-state index in [1.54, 1.807) is 18.7 Å². The number of nitrogens with one attached hydrogen (secondary N) is 1. The molecule has 0 spiro atoms. The van der Waals surface area contributed by atoms with Crippen LogP contribution in [0.25, 0.3) is 0 Å². The Bertz CT molecular complexity index is 1020. The van der Waals surface area contributed by atoms with Gasteiger partial charge >= 0.3 is 0 Å². The molecule has 1 aromatic heterocycles. The van der Waals surface area contributed by atoms with Gasteiger partial charge in [-0.3, -0.25) is 14.3 Å². The van der Waals surface area contributed by atoms with E-state index in [-0.39, 0.29) is 27.9 Å². The number of carbonyl (C=O) groups excluding carboxylic acids is 1. The minimum Gasteiger partial charge on any atom is -0.302 e. The summed E-state index contributed by atoms with van der Waals surface area (Å²) in [6.07, 6.45) is 1.96. The molecule has 1 N–H and O–H groups in total. The SMILES string of the molecule is CCSC1CCS(=O)(=O)c2ccc(C(=O)c3c[nH]n(CC)c3=O)c(C)c21. The summed E-state index contributed by atoms with van der Waals surface area (Å²) in [6, 6.07) is 3.06. The van der Waals surface area contributed by atoms with Gasteiger partial charge in [0.2, 0.25) is 0 Å². The maximum absolute atomic E-state index is 12.9. The van der Waals surface area contributed by atoms with E-state index in [4.69, 9.17) is 0 Å². The summed E-state index contributed by atoms with van der Waals surface area (Å²) in [5.74, 6) is 0.617. The van der Waals surface area contributed by atoms with Gasteiger partial charge in [-0.05, 0) is 49.3 Å². The molecule has 0 saturated carbocycles. The second-order valence-electron chi connectivity index (χ2n) is 6.27. The van der Waals surface area contributed by atoms with E-state index in [1.165, 1.54) is 23.0 Å². The number of benzene rings is 1. The number of hydrogen-bond acceptors (Lipinski definition) is 5. The molecule has 0 saturated heterocycles. The summed E-state index contributed by atoms with van der Waals surface area (Å²) < 4.78 is 26.3. The Hall–Kier alpha value is -1.80. The highest BCUT2D eigenvalue weighted by Crippen LogP contribution is 2.43. The molecule has 6 nitrogen and oxygen atoms in total. The molecule has 2 heterocycles. The van der Waals surface area contributed by atoms with Gasteiger partial charge in [0.15, 0.2) is 15.6 Å². The number of carbonyl (C=O) groups is 1. The van der Waals surface area contributed by atoms with Gasteiger partial charge in [0.25, 0.3) is 5.56 Å². The average molecular weight is 395 g/mol. The summed E-state index contributed by atoms with van der Waals surface area (Å²) in [5.41, 5.74) is 1.49. The maximum atomic E-state index is 12.9. The van der Waals surface area contributed by atoms with Crippen LogP contribution in [0.15, 0.2) is 28.0 Å². The van der Waals surface area contributed by atoms with Crippen molar-refractivity contribution in [3.63, 3.8) is 0 Å². The Kier molecular flexibility index (Phi) is 5.16. The quantitative estimate of drug-likeness (QED) is 0.788. The van der Waals surface area contributed by atoms with E-state index in [1.807, 2.05) is 13.8 Å². The smallest absolute Gasteiger partial charge is 0.277 e. The highest BCUT2D eigenvalue weighted by Gasteiger charge is 2.33. The Morgan fingerprint density at radius 2 is 2.04 bits per heavy atom. The zero-order valence-corrected chi connectivity index (χ0v) is 16.7. The molecule has 1 aliphatic heterocycles. The third kappa shape index (κ3) is 3.05. The lowest BCUT2D eigenvalue weighted by atomic mass is 9.94. The molecule has 1 aliphatic rings. The third-order valence-electron chi connectivity index (χ3n) is 4.79. The number of sulfone groups is 1. The highest BCUT2D eigenvalue weighted by atomic mass is 32.2. The first-order valence-electron chi connectivity index (χ1n) is 8.62. The summed E-state index contributed by atoms with van der Waals surface area (Å²) in [7, 11) is -3.33. The second-order valence-corrected chi connectivity index (χ2v) is 9.82. The Morgan fingerprint density at radius 3 is 2.65 bits per heavy atom. The zero-order valence-electron chi connectivity index (χ0n) is 15.0. The second kappa shape index (κ2) is 7.08. The molecule has 1 aromatic carbocycles. The van der Waals surface area contributed by atoms with E-state index in [2.05, 4.69) is 5.10 Å². The molecule has 140 valence electrons. The van der Waals surface area contributed by atoms with Crippen molar-refractivity contribution in [2.24, 2.45) is 0 Å². The summed E-state index contributed by atoms with van der Waals surface area (Å²) in [4.78, 5) is 25.6. The molecule has 0 aliphatic carbocycles. The summed E-state index contributed by atoms with van der Waals surface area (Å²) in [5, 5.41) is 2.83. The van der Waals surface area contributed by atoms with Crippen LogP contribution in [0.1, 0.15) is 52.6 Å². The minimum atomic E-state index is -3.33. The zero-order chi connectivity index (χ0) is 19.1. The first-order chi connectivity index (χ1) is 12.3. The highest BCUT2D eigenvalue weighted by molar-refractivity contribution is 7.99. The van der Waals surface area contributed by atoms with Gasteiger partial charge in [-0.25, -0.2) is 8.42 Å². The average Bonchev–Trinajstić information content (AvgIpc) is 2.98. The fraction of sp³-hybridized carbons (Fsp3) is 0.444. The number of ketones is 1. The van der Waals surface area contributed by atoms with Crippen LogP contribution in [0, 0.1) is 6.92 Å².